The van der Waals surface area contributed by atoms with E-state index >= 15 is 0 Å². The summed E-state index contributed by atoms with van der Waals surface area (Å²) in [4.78, 5) is 9.63. The number of hydrogen-bond acceptors (Lipinski definition) is 3. The van der Waals surface area contributed by atoms with E-state index in [4.69, 9.17) is 0 Å². The first kappa shape index (κ1) is 9.33. The molecule has 0 saturated carbocycles. The van der Waals surface area contributed by atoms with Gasteiger partial charge >= 0.3 is 0 Å². The lowest BCUT2D eigenvalue weighted by atomic mass is 10.4. The molecular weight excluding hydrogens is 176 g/mol. The summed E-state index contributed by atoms with van der Waals surface area (Å²) < 4.78 is 13.0. The highest BCUT2D eigenvalue weighted by Gasteiger charge is 2.08. The molecule has 0 saturated heterocycles. The molecule has 1 aromatic heterocycles. The van der Waals surface area contributed by atoms with Gasteiger partial charge in [-0.25, -0.2) is 14.4 Å². The van der Waals surface area contributed by atoms with Crippen LogP contribution in [0.2, 0.25) is 0 Å². The highest BCUT2D eigenvalue weighted by molar-refractivity contribution is 7.27. The third-order valence-electron chi connectivity index (χ3n) is 1.43. The number of nitrogens with zero attached hydrogens (tertiary/aromatic N) is 3. The van der Waals surface area contributed by atoms with Crippen LogP contribution in [0.25, 0.3) is 0 Å². The number of rotatable bonds is 1. The van der Waals surface area contributed by atoms with Gasteiger partial charge in [-0.2, -0.15) is 0 Å². The summed E-state index contributed by atoms with van der Waals surface area (Å²) in [6, 6.07) is 0. The average Bonchev–Trinajstić information content (AvgIpc) is 1.99. The molecule has 0 bridgehead atoms. The first-order chi connectivity index (χ1) is 5.52. The fraction of sp³-hybridized carbons (Fsp3) is 0.429. The van der Waals surface area contributed by atoms with E-state index in [1.165, 1.54) is 0 Å². The normalized spacial score (nSPS) is 10.1. The Bertz CT molecular complexity index is 278. The van der Waals surface area contributed by atoms with Crippen molar-refractivity contribution < 1.29 is 4.39 Å². The van der Waals surface area contributed by atoms with E-state index in [1.54, 1.807) is 11.8 Å². The largest absolute Gasteiger partial charge is 0.347 e. The van der Waals surface area contributed by atoms with Crippen molar-refractivity contribution in [2.24, 2.45) is 0 Å². The quantitative estimate of drug-likeness (QED) is 0.599. The first-order valence-corrected chi connectivity index (χ1v) is 4.07. The summed E-state index contributed by atoms with van der Waals surface area (Å²) in [7, 11) is 5.88. The van der Waals surface area contributed by atoms with Crippen molar-refractivity contribution in [2.45, 2.75) is 6.92 Å². The summed E-state index contributed by atoms with van der Waals surface area (Å²) in [6.07, 6.45) is 0. The van der Waals surface area contributed by atoms with E-state index in [0.717, 1.165) is 0 Å². The second-order valence-corrected chi connectivity index (χ2v) is 3.25. The molecule has 1 atom stereocenters. The van der Waals surface area contributed by atoms with Gasteiger partial charge in [0.05, 0.1) is 11.1 Å². The third-order valence-corrected chi connectivity index (χ3v) is 1.81. The molecule has 0 spiro atoms. The van der Waals surface area contributed by atoms with Crippen molar-refractivity contribution in [3.05, 3.63) is 11.5 Å². The number of hydrogen-bond donors (Lipinski definition) is 0. The van der Waals surface area contributed by atoms with Crippen molar-refractivity contribution in [2.75, 3.05) is 19.0 Å². The van der Waals surface area contributed by atoms with Gasteiger partial charge in [-0.15, -0.1) is 0 Å². The van der Waals surface area contributed by atoms with E-state index < -0.39 is 0 Å². The zero-order valence-electron chi connectivity index (χ0n) is 7.30. The van der Waals surface area contributed by atoms with Gasteiger partial charge in [0.25, 0.3) is 0 Å². The summed E-state index contributed by atoms with van der Waals surface area (Å²) >= 11 is 0. The Balaban J connectivity index is 3.21. The van der Waals surface area contributed by atoms with Crippen molar-refractivity contribution in [3.63, 3.8) is 0 Å². The number of anilines is 1. The van der Waals surface area contributed by atoms with Crippen LogP contribution in [0.5, 0.6) is 0 Å². The predicted molar refractivity (Wildman–Crippen MR) is 50.4 cm³/mol. The molecule has 5 heteroatoms. The van der Waals surface area contributed by atoms with Gasteiger partial charge in [-0.3, -0.25) is 0 Å². The Morgan fingerprint density at radius 3 is 2.33 bits per heavy atom. The molecule has 1 aromatic rings. The van der Waals surface area contributed by atoms with Crippen LogP contribution >= 0.6 is 9.24 Å². The molecule has 0 aromatic carbocycles. The molecule has 0 N–H and O–H groups in total. The number of aromatic nitrogens is 2. The van der Waals surface area contributed by atoms with Gasteiger partial charge < -0.3 is 4.90 Å². The lowest BCUT2D eigenvalue weighted by Crippen LogP contribution is -2.19. The second-order valence-electron chi connectivity index (χ2n) is 2.70. The van der Waals surface area contributed by atoms with E-state index in [-0.39, 0.29) is 5.82 Å². The van der Waals surface area contributed by atoms with Gasteiger partial charge in [0.2, 0.25) is 5.95 Å². The van der Waals surface area contributed by atoms with Crippen LogP contribution in [-0.4, -0.2) is 24.1 Å². The fourth-order valence-corrected chi connectivity index (χ4v) is 1.09. The lowest BCUT2D eigenvalue weighted by molar-refractivity contribution is 0.612. The standard InChI is InChI=1S/C7H11FN3P/c1-4-5(8)6(12)10-7(9-4)11(2)3/h12H2,1-3H3. The van der Waals surface area contributed by atoms with Crippen LogP contribution in [-0.2, 0) is 0 Å². The first-order valence-electron chi connectivity index (χ1n) is 3.49. The van der Waals surface area contributed by atoms with E-state index in [9.17, 15) is 4.39 Å². The summed E-state index contributed by atoms with van der Waals surface area (Å²) in [6.45, 7) is 1.62. The van der Waals surface area contributed by atoms with Crippen molar-refractivity contribution in [3.8, 4) is 0 Å². The molecular formula is C7H11FN3P. The van der Waals surface area contributed by atoms with Crippen LogP contribution in [0.4, 0.5) is 10.3 Å². The molecule has 0 aliphatic carbocycles. The maximum atomic E-state index is 13.0. The molecule has 12 heavy (non-hydrogen) atoms. The molecule has 0 radical (unpaired) electrons. The minimum atomic E-state index is -0.356. The summed E-state index contributed by atoms with van der Waals surface area (Å²) in [5.41, 5.74) is 0.685. The molecule has 66 valence electrons. The van der Waals surface area contributed by atoms with Gasteiger partial charge in [0.1, 0.15) is 0 Å². The Morgan fingerprint density at radius 1 is 1.33 bits per heavy atom. The molecule has 0 aliphatic rings. The fourth-order valence-electron chi connectivity index (χ4n) is 0.766. The van der Waals surface area contributed by atoms with Crippen LogP contribution in [0, 0.1) is 12.7 Å². The molecule has 1 unspecified atom stereocenters. The molecule has 0 aliphatic heterocycles. The van der Waals surface area contributed by atoms with Gasteiger partial charge in [-0.1, -0.05) is 9.24 Å². The van der Waals surface area contributed by atoms with Crippen LogP contribution < -0.4 is 10.3 Å². The number of halogens is 1. The molecule has 1 heterocycles. The predicted octanol–water partition coefficient (Wildman–Crippen LogP) is 0.491. The number of aryl methyl sites for hydroxylation is 1. The Morgan fingerprint density at radius 2 is 1.92 bits per heavy atom. The lowest BCUT2D eigenvalue weighted by Gasteiger charge is -2.11. The third kappa shape index (κ3) is 1.69. The van der Waals surface area contributed by atoms with Gasteiger partial charge in [0, 0.05) is 14.1 Å². The molecule has 0 fully saturated rings. The second kappa shape index (κ2) is 3.31. The Labute approximate surface area is 73.2 Å². The van der Waals surface area contributed by atoms with E-state index in [2.05, 4.69) is 19.2 Å². The van der Waals surface area contributed by atoms with E-state index in [0.29, 0.717) is 17.1 Å². The summed E-state index contributed by atoms with van der Waals surface area (Å²) in [5.74, 6) is 0.171. The Kier molecular flexibility index (Phi) is 2.58. The van der Waals surface area contributed by atoms with Gasteiger partial charge in [0.15, 0.2) is 5.82 Å². The zero-order chi connectivity index (χ0) is 9.30. The minimum Gasteiger partial charge on any atom is -0.347 e. The molecule has 3 nitrogen and oxygen atoms in total. The average molecular weight is 187 g/mol. The van der Waals surface area contributed by atoms with Crippen LogP contribution in [0.1, 0.15) is 5.69 Å². The SMILES string of the molecule is Cc1nc(N(C)C)nc(P)c1F. The smallest absolute Gasteiger partial charge is 0.225 e. The highest BCUT2D eigenvalue weighted by Crippen LogP contribution is 2.07. The summed E-state index contributed by atoms with van der Waals surface area (Å²) in [5, 5.41) is 0. The van der Waals surface area contributed by atoms with Crippen molar-refractivity contribution in [1.82, 2.24) is 9.97 Å². The maximum Gasteiger partial charge on any atom is 0.225 e. The monoisotopic (exact) mass is 187 g/mol. The van der Waals surface area contributed by atoms with Crippen molar-refractivity contribution >= 4 is 20.6 Å². The zero-order valence-corrected chi connectivity index (χ0v) is 8.45. The van der Waals surface area contributed by atoms with Crippen molar-refractivity contribution in [1.29, 1.82) is 0 Å². The molecule has 1 rings (SSSR count). The van der Waals surface area contributed by atoms with Crippen LogP contribution in [0.15, 0.2) is 0 Å². The topological polar surface area (TPSA) is 29.0 Å². The molecule has 0 amide bonds. The minimum absolute atomic E-state index is 0.311. The Hall–Kier alpha value is -0.760. The maximum absolute atomic E-state index is 13.0. The van der Waals surface area contributed by atoms with E-state index in [1.807, 2.05) is 14.1 Å². The highest BCUT2D eigenvalue weighted by atomic mass is 31.0. The van der Waals surface area contributed by atoms with Crippen LogP contribution in [0.3, 0.4) is 0 Å². The van der Waals surface area contributed by atoms with Gasteiger partial charge in [-0.05, 0) is 6.92 Å².